The average Bonchev–Trinajstić information content (AvgIpc) is 2.72. The van der Waals surface area contributed by atoms with E-state index in [1.54, 1.807) is 6.07 Å². The molecule has 4 rings (SSSR count). The lowest BCUT2D eigenvalue weighted by Gasteiger charge is -2.44. The highest BCUT2D eigenvalue weighted by molar-refractivity contribution is 5.77. The molecule has 0 radical (unpaired) electrons. The van der Waals surface area contributed by atoms with Crippen LogP contribution in [0.5, 0.6) is 0 Å². The number of amides is 1. The van der Waals surface area contributed by atoms with Gasteiger partial charge in [0.25, 0.3) is 5.56 Å². The van der Waals surface area contributed by atoms with Crippen molar-refractivity contribution in [2.24, 2.45) is 5.92 Å². The summed E-state index contributed by atoms with van der Waals surface area (Å²) in [5.41, 5.74) is 0.597. The van der Waals surface area contributed by atoms with Crippen molar-refractivity contribution in [2.45, 2.75) is 57.4 Å². The van der Waals surface area contributed by atoms with E-state index in [0.717, 1.165) is 6.54 Å². The fraction of sp³-hybridized carbons (Fsp3) is 0.591. The number of aryl methyl sites for hydroxylation is 1. The summed E-state index contributed by atoms with van der Waals surface area (Å²) in [6.07, 6.45) is 8.16. The molecule has 2 aliphatic heterocycles. The van der Waals surface area contributed by atoms with E-state index in [0.29, 0.717) is 47.9 Å². The third-order valence-electron chi connectivity index (χ3n) is 6.27. The summed E-state index contributed by atoms with van der Waals surface area (Å²) in [6.45, 7) is 3.25. The number of fused-ring (bicyclic) bond motifs is 2. The van der Waals surface area contributed by atoms with Crippen molar-refractivity contribution in [1.29, 1.82) is 0 Å². The summed E-state index contributed by atoms with van der Waals surface area (Å²) < 4.78 is 0. The standard InChI is InChI=1S/C22H30N4O2/c27-21(23-15-16-7-6-14-26-13-4-3-10-19(16)26)12-5-11-20-24-18-9-2-1-8-17(18)22(28)25-20/h1-2,8-9,16,19H,3-7,10-15H2,(H,23,27)(H,24,25,28)/t16-,19+/m0/s1. The molecule has 28 heavy (non-hydrogen) atoms. The highest BCUT2D eigenvalue weighted by atomic mass is 16.1. The van der Waals surface area contributed by atoms with Crippen molar-refractivity contribution in [3.63, 3.8) is 0 Å². The van der Waals surface area contributed by atoms with Gasteiger partial charge in [-0.25, -0.2) is 4.98 Å². The normalized spacial score (nSPS) is 22.7. The van der Waals surface area contributed by atoms with Crippen molar-refractivity contribution >= 4 is 16.8 Å². The second-order valence-corrected chi connectivity index (χ2v) is 8.19. The molecule has 3 heterocycles. The minimum Gasteiger partial charge on any atom is -0.356 e. The molecule has 1 aromatic heterocycles. The van der Waals surface area contributed by atoms with Gasteiger partial charge in [-0.05, 0) is 63.2 Å². The molecule has 1 amide bonds. The highest BCUT2D eigenvalue weighted by Crippen LogP contribution is 2.30. The lowest BCUT2D eigenvalue weighted by atomic mass is 9.83. The van der Waals surface area contributed by atoms with Crippen LogP contribution in [0.4, 0.5) is 0 Å². The minimum absolute atomic E-state index is 0.107. The lowest BCUT2D eigenvalue weighted by Crippen LogP contribution is -2.50. The summed E-state index contributed by atoms with van der Waals surface area (Å²) in [6, 6.07) is 8.00. The smallest absolute Gasteiger partial charge is 0.258 e. The molecular formula is C22H30N4O2. The summed E-state index contributed by atoms with van der Waals surface area (Å²) in [5.74, 6) is 1.36. The Morgan fingerprint density at radius 2 is 2.04 bits per heavy atom. The number of nitrogens with zero attached hydrogens (tertiary/aromatic N) is 2. The number of carbonyl (C=O) groups excluding carboxylic acids is 1. The molecule has 2 aromatic rings. The van der Waals surface area contributed by atoms with Crippen LogP contribution in [0.3, 0.4) is 0 Å². The lowest BCUT2D eigenvalue weighted by molar-refractivity contribution is -0.121. The molecule has 150 valence electrons. The first-order chi connectivity index (χ1) is 13.7. The van der Waals surface area contributed by atoms with Gasteiger partial charge in [-0.15, -0.1) is 0 Å². The highest BCUT2D eigenvalue weighted by Gasteiger charge is 2.32. The van der Waals surface area contributed by atoms with Crippen LogP contribution in [0.25, 0.3) is 10.9 Å². The van der Waals surface area contributed by atoms with Crippen molar-refractivity contribution in [1.82, 2.24) is 20.2 Å². The zero-order valence-electron chi connectivity index (χ0n) is 16.5. The summed E-state index contributed by atoms with van der Waals surface area (Å²) >= 11 is 0. The Hall–Kier alpha value is -2.21. The SMILES string of the molecule is O=C(CCCc1nc2ccccc2c(=O)[nH]1)NC[C@@H]1CCCN2CCCC[C@H]12. The predicted molar refractivity (Wildman–Crippen MR) is 110 cm³/mol. The van der Waals surface area contributed by atoms with E-state index in [2.05, 4.69) is 20.2 Å². The molecule has 1 aromatic carbocycles. The number of nitrogens with one attached hydrogen (secondary N) is 2. The van der Waals surface area contributed by atoms with Crippen LogP contribution in [0.2, 0.25) is 0 Å². The van der Waals surface area contributed by atoms with Crippen molar-refractivity contribution in [3.8, 4) is 0 Å². The fourth-order valence-corrected chi connectivity index (χ4v) is 4.82. The number of piperidine rings is 2. The quantitative estimate of drug-likeness (QED) is 0.805. The van der Waals surface area contributed by atoms with E-state index >= 15 is 0 Å². The molecule has 2 fully saturated rings. The van der Waals surface area contributed by atoms with Gasteiger partial charge in [-0.2, -0.15) is 0 Å². The predicted octanol–water partition coefficient (Wildman–Crippen LogP) is 2.63. The molecule has 2 aliphatic rings. The number of aromatic amines is 1. The van der Waals surface area contributed by atoms with E-state index in [1.165, 1.54) is 45.2 Å². The maximum absolute atomic E-state index is 12.3. The number of aromatic nitrogens is 2. The van der Waals surface area contributed by atoms with Crippen LogP contribution in [0.15, 0.2) is 29.1 Å². The van der Waals surface area contributed by atoms with Crippen molar-refractivity contribution in [2.75, 3.05) is 19.6 Å². The van der Waals surface area contributed by atoms with Gasteiger partial charge in [0.1, 0.15) is 5.82 Å². The minimum atomic E-state index is -0.112. The van der Waals surface area contributed by atoms with Crippen molar-refractivity contribution in [3.05, 3.63) is 40.4 Å². The van der Waals surface area contributed by atoms with Gasteiger partial charge >= 0.3 is 0 Å². The molecule has 0 aliphatic carbocycles. The first kappa shape index (κ1) is 19.1. The van der Waals surface area contributed by atoms with Crippen LogP contribution in [0, 0.1) is 5.92 Å². The van der Waals surface area contributed by atoms with E-state index in [4.69, 9.17) is 0 Å². The van der Waals surface area contributed by atoms with Crippen LogP contribution >= 0.6 is 0 Å². The van der Waals surface area contributed by atoms with E-state index in [9.17, 15) is 9.59 Å². The molecule has 0 unspecified atom stereocenters. The summed E-state index contributed by atoms with van der Waals surface area (Å²) in [4.78, 5) is 34.4. The number of para-hydroxylation sites is 1. The number of benzene rings is 1. The topological polar surface area (TPSA) is 78.1 Å². The van der Waals surface area contributed by atoms with Gasteiger partial charge in [-0.1, -0.05) is 18.6 Å². The van der Waals surface area contributed by atoms with Crippen LogP contribution in [0.1, 0.15) is 50.8 Å². The van der Waals surface area contributed by atoms with Gasteiger partial charge in [0.2, 0.25) is 5.91 Å². The number of hydrogen-bond acceptors (Lipinski definition) is 4. The van der Waals surface area contributed by atoms with Crippen molar-refractivity contribution < 1.29 is 4.79 Å². The largest absolute Gasteiger partial charge is 0.356 e. The molecule has 0 spiro atoms. The van der Waals surface area contributed by atoms with Crippen LogP contribution in [-0.4, -0.2) is 46.5 Å². The molecule has 0 saturated carbocycles. The molecule has 2 atom stereocenters. The fourth-order valence-electron chi connectivity index (χ4n) is 4.82. The Bertz CT molecular complexity index is 876. The first-order valence-electron chi connectivity index (χ1n) is 10.7. The molecular weight excluding hydrogens is 352 g/mol. The van der Waals surface area contributed by atoms with Gasteiger partial charge < -0.3 is 15.2 Å². The van der Waals surface area contributed by atoms with Gasteiger partial charge in [0.05, 0.1) is 10.9 Å². The number of carbonyl (C=O) groups is 1. The van der Waals surface area contributed by atoms with Crippen LogP contribution < -0.4 is 10.9 Å². The Labute approximate surface area is 165 Å². The second kappa shape index (κ2) is 8.86. The number of H-pyrrole nitrogens is 1. The van der Waals surface area contributed by atoms with Gasteiger partial charge in [0.15, 0.2) is 0 Å². The third kappa shape index (κ3) is 4.43. The molecule has 0 bridgehead atoms. The Kier molecular flexibility index (Phi) is 6.05. The Morgan fingerprint density at radius 3 is 2.96 bits per heavy atom. The van der Waals surface area contributed by atoms with E-state index < -0.39 is 0 Å². The van der Waals surface area contributed by atoms with E-state index in [1.807, 2.05) is 18.2 Å². The zero-order chi connectivity index (χ0) is 19.3. The average molecular weight is 383 g/mol. The first-order valence-corrected chi connectivity index (χ1v) is 10.7. The van der Waals surface area contributed by atoms with E-state index in [-0.39, 0.29) is 11.5 Å². The molecule has 2 saturated heterocycles. The Balaban J connectivity index is 1.24. The number of rotatable bonds is 6. The molecule has 2 N–H and O–H groups in total. The van der Waals surface area contributed by atoms with Gasteiger partial charge in [-0.3, -0.25) is 9.59 Å². The monoisotopic (exact) mass is 382 g/mol. The summed E-state index contributed by atoms with van der Waals surface area (Å²) in [7, 11) is 0. The molecule has 6 heteroatoms. The van der Waals surface area contributed by atoms with Gasteiger partial charge in [0, 0.05) is 25.4 Å². The second-order valence-electron chi connectivity index (χ2n) is 8.19. The maximum atomic E-state index is 12.3. The molecule has 6 nitrogen and oxygen atoms in total. The third-order valence-corrected chi connectivity index (χ3v) is 6.27. The zero-order valence-corrected chi connectivity index (χ0v) is 16.5. The van der Waals surface area contributed by atoms with Crippen LogP contribution in [-0.2, 0) is 11.2 Å². The Morgan fingerprint density at radius 1 is 1.18 bits per heavy atom. The summed E-state index contributed by atoms with van der Waals surface area (Å²) in [5, 5.41) is 3.76. The number of hydrogen-bond donors (Lipinski definition) is 2. The maximum Gasteiger partial charge on any atom is 0.258 e.